The van der Waals surface area contributed by atoms with E-state index in [4.69, 9.17) is 19.4 Å². The van der Waals surface area contributed by atoms with E-state index in [1.165, 1.54) is 0 Å². The normalized spacial score (nSPS) is 12.0. The van der Waals surface area contributed by atoms with Gasteiger partial charge in [0, 0.05) is 30.0 Å². The van der Waals surface area contributed by atoms with Crippen LogP contribution in [0.5, 0.6) is 0 Å². The predicted octanol–water partition coefficient (Wildman–Crippen LogP) is 7.10. The molecule has 42 heavy (non-hydrogen) atoms. The lowest BCUT2D eigenvalue weighted by molar-refractivity contribution is 0.00584. The number of ether oxygens (including phenoxy) is 2. The highest BCUT2D eigenvalue weighted by molar-refractivity contribution is 6.00. The highest BCUT2D eigenvalue weighted by Gasteiger charge is 2.26. The average Bonchev–Trinajstić information content (AvgIpc) is 3.29. The summed E-state index contributed by atoms with van der Waals surface area (Å²) in [5.41, 5.74) is 9.41. The molecule has 0 aliphatic rings. The van der Waals surface area contributed by atoms with E-state index in [0.29, 0.717) is 17.9 Å². The Bertz CT molecular complexity index is 1650. The molecule has 4 aromatic heterocycles. The van der Waals surface area contributed by atoms with Gasteiger partial charge in [-0.05, 0) is 105 Å². The number of esters is 2. The van der Waals surface area contributed by atoms with Gasteiger partial charge in [-0.25, -0.2) is 9.59 Å². The van der Waals surface area contributed by atoms with Gasteiger partial charge in [-0.2, -0.15) is 0 Å². The Morgan fingerprint density at radius 3 is 2.24 bits per heavy atom. The molecular formula is C34H46N4O4. The van der Waals surface area contributed by atoms with E-state index in [-0.39, 0.29) is 11.9 Å². The highest BCUT2D eigenvalue weighted by Crippen LogP contribution is 2.31. The molecule has 0 fully saturated rings. The summed E-state index contributed by atoms with van der Waals surface area (Å²) in [6, 6.07) is 2.13. The molecule has 226 valence electrons. The van der Waals surface area contributed by atoms with E-state index < -0.39 is 5.60 Å². The second-order valence-corrected chi connectivity index (χ2v) is 12.3. The van der Waals surface area contributed by atoms with Crippen LogP contribution in [0.15, 0.2) is 12.3 Å². The molecule has 0 aromatic carbocycles. The van der Waals surface area contributed by atoms with Gasteiger partial charge < -0.3 is 18.4 Å². The standard InChI is InChI=1S/C34H46N4O4/c1-11-15-25-29-22(5)31(33(40)42-34(7,8)9)37(10)27(29)18-24(36-25)16-13-14-17-26-30-21(4)28(32(39)41-12-2)23(6)38(30)19-20(3)35-26/h18-19H,11-17H2,1-10H3. The monoisotopic (exact) mass is 574 g/mol. The topological polar surface area (TPSA) is 87.7 Å². The molecule has 8 heteroatoms. The first-order valence-corrected chi connectivity index (χ1v) is 15.1. The van der Waals surface area contributed by atoms with Gasteiger partial charge in [0.2, 0.25) is 0 Å². The van der Waals surface area contributed by atoms with E-state index in [1.54, 1.807) is 0 Å². The van der Waals surface area contributed by atoms with Crippen molar-refractivity contribution >= 4 is 28.4 Å². The molecule has 0 saturated heterocycles. The number of nitrogens with zero attached hydrogens (tertiary/aromatic N) is 4. The Balaban J connectivity index is 1.59. The molecule has 4 rings (SSSR count). The number of unbranched alkanes of at least 4 members (excludes halogenated alkanes) is 1. The highest BCUT2D eigenvalue weighted by atomic mass is 16.6. The Morgan fingerprint density at radius 1 is 0.905 bits per heavy atom. The van der Waals surface area contributed by atoms with Gasteiger partial charge in [0.25, 0.3) is 0 Å². The lowest BCUT2D eigenvalue weighted by Gasteiger charge is -2.20. The first kappa shape index (κ1) is 31.3. The van der Waals surface area contributed by atoms with Crippen LogP contribution in [-0.2, 0) is 35.8 Å². The van der Waals surface area contributed by atoms with Crippen LogP contribution in [0.1, 0.15) is 114 Å². The third kappa shape index (κ3) is 6.08. The Morgan fingerprint density at radius 2 is 1.60 bits per heavy atom. The summed E-state index contributed by atoms with van der Waals surface area (Å²) >= 11 is 0. The Labute approximate surface area is 249 Å². The molecule has 0 atom stereocenters. The summed E-state index contributed by atoms with van der Waals surface area (Å²) < 4.78 is 15.1. The van der Waals surface area contributed by atoms with Crippen LogP contribution in [-0.4, -0.2) is 43.1 Å². The van der Waals surface area contributed by atoms with Crippen molar-refractivity contribution in [1.29, 1.82) is 0 Å². The number of carbonyl (C=O) groups excluding carboxylic acids is 2. The van der Waals surface area contributed by atoms with Crippen LogP contribution >= 0.6 is 0 Å². The second-order valence-electron chi connectivity index (χ2n) is 12.3. The summed E-state index contributed by atoms with van der Waals surface area (Å²) in [7, 11) is 1.94. The fourth-order valence-electron chi connectivity index (χ4n) is 6.10. The molecule has 8 nitrogen and oxygen atoms in total. The van der Waals surface area contributed by atoms with Crippen molar-refractivity contribution < 1.29 is 19.1 Å². The molecule has 0 unspecified atom stereocenters. The van der Waals surface area contributed by atoms with E-state index in [1.807, 2.05) is 73.2 Å². The zero-order valence-electron chi connectivity index (χ0n) is 27.0. The van der Waals surface area contributed by atoms with Crippen LogP contribution in [0.4, 0.5) is 0 Å². The van der Waals surface area contributed by atoms with E-state index in [0.717, 1.165) is 94.5 Å². The number of aryl methyl sites for hydroxylation is 8. The number of pyridine rings is 1. The maximum absolute atomic E-state index is 13.1. The fourth-order valence-corrected chi connectivity index (χ4v) is 6.10. The van der Waals surface area contributed by atoms with E-state index in [9.17, 15) is 9.59 Å². The lowest BCUT2D eigenvalue weighted by atomic mass is 10.0. The third-order valence-electron chi connectivity index (χ3n) is 7.80. The minimum atomic E-state index is -0.564. The van der Waals surface area contributed by atoms with Crippen molar-refractivity contribution in [1.82, 2.24) is 18.9 Å². The number of aromatic nitrogens is 4. The average molecular weight is 575 g/mol. The van der Waals surface area contributed by atoms with Gasteiger partial charge >= 0.3 is 11.9 Å². The van der Waals surface area contributed by atoms with Crippen molar-refractivity contribution in [3.8, 4) is 0 Å². The van der Waals surface area contributed by atoms with Crippen LogP contribution < -0.4 is 0 Å². The number of rotatable bonds is 10. The molecule has 0 aliphatic carbocycles. The van der Waals surface area contributed by atoms with Gasteiger partial charge in [0.05, 0.1) is 40.3 Å². The van der Waals surface area contributed by atoms with Crippen LogP contribution in [0.3, 0.4) is 0 Å². The molecule has 0 amide bonds. The molecule has 4 heterocycles. The molecule has 0 spiro atoms. The van der Waals surface area contributed by atoms with Crippen molar-refractivity contribution in [2.75, 3.05) is 6.61 Å². The molecular weight excluding hydrogens is 528 g/mol. The largest absolute Gasteiger partial charge is 0.462 e. The molecule has 0 N–H and O–H groups in total. The van der Waals surface area contributed by atoms with Crippen molar-refractivity contribution in [2.45, 2.75) is 106 Å². The number of fused-ring (bicyclic) bond motifs is 2. The van der Waals surface area contributed by atoms with Crippen molar-refractivity contribution in [3.63, 3.8) is 0 Å². The van der Waals surface area contributed by atoms with Gasteiger partial charge in [-0.1, -0.05) is 13.3 Å². The molecule has 0 aliphatic heterocycles. The summed E-state index contributed by atoms with van der Waals surface area (Å²) in [6.07, 6.45) is 7.32. The first-order valence-electron chi connectivity index (χ1n) is 15.1. The van der Waals surface area contributed by atoms with Crippen LogP contribution in [0, 0.1) is 27.7 Å². The zero-order valence-corrected chi connectivity index (χ0v) is 27.0. The lowest BCUT2D eigenvalue weighted by Crippen LogP contribution is -2.25. The second kappa shape index (κ2) is 12.3. The predicted molar refractivity (Wildman–Crippen MR) is 167 cm³/mol. The Hall–Kier alpha value is -3.68. The SMILES string of the molecule is CCCc1nc(CCCCc2nc(C)cn3c(C)c(C(=O)OCC)c(C)c23)cc2c1c(C)c(C(=O)OC(C)(C)C)n2C. The first-order chi connectivity index (χ1) is 19.8. The number of hydrogen-bond acceptors (Lipinski definition) is 6. The summed E-state index contributed by atoms with van der Waals surface area (Å²) in [5.74, 6) is -0.586. The van der Waals surface area contributed by atoms with Crippen molar-refractivity contribution in [3.05, 3.63) is 63.1 Å². The van der Waals surface area contributed by atoms with Crippen LogP contribution in [0.2, 0.25) is 0 Å². The summed E-state index contributed by atoms with van der Waals surface area (Å²) in [5, 5.41) is 1.06. The van der Waals surface area contributed by atoms with E-state index >= 15 is 0 Å². The molecule has 0 saturated carbocycles. The van der Waals surface area contributed by atoms with Crippen LogP contribution in [0.25, 0.3) is 16.4 Å². The smallest absolute Gasteiger partial charge is 0.355 e. The fraction of sp³-hybridized carbons (Fsp3) is 0.529. The maximum Gasteiger partial charge on any atom is 0.355 e. The van der Waals surface area contributed by atoms with E-state index in [2.05, 4.69) is 17.4 Å². The third-order valence-corrected chi connectivity index (χ3v) is 7.80. The minimum absolute atomic E-state index is 0.283. The molecule has 0 radical (unpaired) electrons. The quantitative estimate of drug-likeness (QED) is 0.148. The van der Waals surface area contributed by atoms with Gasteiger partial charge in [0.15, 0.2) is 0 Å². The zero-order chi connectivity index (χ0) is 30.9. The molecule has 4 aromatic rings. The summed E-state index contributed by atoms with van der Waals surface area (Å²) in [4.78, 5) is 35.8. The maximum atomic E-state index is 13.1. The number of carbonyl (C=O) groups is 2. The van der Waals surface area contributed by atoms with Gasteiger partial charge in [0.1, 0.15) is 11.3 Å². The van der Waals surface area contributed by atoms with Gasteiger partial charge in [-0.15, -0.1) is 0 Å². The minimum Gasteiger partial charge on any atom is -0.462 e. The van der Waals surface area contributed by atoms with Gasteiger partial charge in [-0.3, -0.25) is 9.97 Å². The van der Waals surface area contributed by atoms with Crippen molar-refractivity contribution in [2.24, 2.45) is 7.05 Å². The summed E-state index contributed by atoms with van der Waals surface area (Å²) in [6.45, 7) is 17.9. The molecule has 0 bridgehead atoms. The Kier molecular flexibility index (Phi) is 9.14. The number of hydrogen-bond donors (Lipinski definition) is 0.